The minimum absolute atomic E-state index is 0.0258. The van der Waals surface area contributed by atoms with Crippen molar-refractivity contribution >= 4 is 5.71 Å². The van der Waals surface area contributed by atoms with Crippen LogP contribution >= 0.6 is 0 Å². The fourth-order valence-corrected chi connectivity index (χ4v) is 3.57. The predicted octanol–water partition coefficient (Wildman–Crippen LogP) is 4.93. The summed E-state index contributed by atoms with van der Waals surface area (Å²) in [6.45, 7) is 2.08. The molecule has 4 nitrogen and oxygen atoms in total. The van der Waals surface area contributed by atoms with Crippen molar-refractivity contribution in [2.75, 3.05) is 7.11 Å². The Labute approximate surface area is 165 Å². The van der Waals surface area contributed by atoms with E-state index in [1.54, 1.807) is 13.2 Å². The molecule has 4 heteroatoms. The summed E-state index contributed by atoms with van der Waals surface area (Å²) in [5, 5.41) is 14.0. The van der Waals surface area contributed by atoms with Crippen molar-refractivity contribution in [2.24, 2.45) is 4.99 Å². The normalized spacial score (nSPS) is 19.1. The number of phenolic OH excluding ortho intramolecular Hbond substituents is 1. The second-order valence-corrected chi connectivity index (χ2v) is 7.10. The summed E-state index contributed by atoms with van der Waals surface area (Å²) >= 11 is 0. The van der Waals surface area contributed by atoms with Gasteiger partial charge in [0.25, 0.3) is 0 Å². The highest BCUT2D eigenvalue weighted by atomic mass is 16.5. The van der Waals surface area contributed by atoms with Crippen LogP contribution < -0.4 is 10.1 Å². The van der Waals surface area contributed by atoms with E-state index in [4.69, 9.17) is 9.73 Å². The third-order valence-electron chi connectivity index (χ3n) is 5.17. The summed E-state index contributed by atoms with van der Waals surface area (Å²) in [7, 11) is 1.66. The fraction of sp³-hybridized carbons (Fsp3) is 0.208. The number of hydrogen-bond acceptors (Lipinski definition) is 4. The molecule has 0 saturated carbocycles. The third kappa shape index (κ3) is 3.78. The minimum atomic E-state index is -0.194. The molecule has 2 atom stereocenters. The van der Waals surface area contributed by atoms with Crippen LogP contribution in [0.3, 0.4) is 0 Å². The van der Waals surface area contributed by atoms with Gasteiger partial charge in [-0.3, -0.25) is 10.3 Å². The van der Waals surface area contributed by atoms with Crippen molar-refractivity contribution in [1.82, 2.24) is 5.32 Å². The maximum absolute atomic E-state index is 10.4. The summed E-state index contributed by atoms with van der Waals surface area (Å²) in [6.07, 6.45) is 0.522. The Morgan fingerprint density at radius 1 is 0.964 bits per heavy atom. The Balaban J connectivity index is 1.73. The Morgan fingerprint density at radius 2 is 1.68 bits per heavy atom. The van der Waals surface area contributed by atoms with Gasteiger partial charge in [0.1, 0.15) is 17.7 Å². The molecular formula is C24H24N2O2. The van der Waals surface area contributed by atoms with E-state index in [0.29, 0.717) is 12.2 Å². The van der Waals surface area contributed by atoms with Gasteiger partial charge in [0.2, 0.25) is 0 Å². The van der Waals surface area contributed by atoms with Crippen molar-refractivity contribution < 1.29 is 9.84 Å². The van der Waals surface area contributed by atoms with E-state index < -0.39 is 0 Å². The molecule has 0 aliphatic carbocycles. The first-order chi connectivity index (χ1) is 13.6. The van der Waals surface area contributed by atoms with Gasteiger partial charge in [-0.1, -0.05) is 60.2 Å². The molecular weight excluding hydrogens is 348 g/mol. The van der Waals surface area contributed by atoms with Crippen molar-refractivity contribution in [3.63, 3.8) is 0 Å². The molecule has 2 N–H and O–H groups in total. The van der Waals surface area contributed by atoms with E-state index in [-0.39, 0.29) is 12.2 Å². The average molecular weight is 372 g/mol. The smallest absolute Gasteiger partial charge is 0.126 e. The minimum Gasteiger partial charge on any atom is -0.508 e. The third-order valence-corrected chi connectivity index (χ3v) is 5.17. The highest BCUT2D eigenvalue weighted by molar-refractivity contribution is 6.01. The van der Waals surface area contributed by atoms with Crippen LogP contribution in [0.25, 0.3) is 0 Å². The molecule has 0 spiro atoms. The average Bonchev–Trinajstić information content (AvgIpc) is 2.74. The molecule has 1 aliphatic rings. The Hall–Kier alpha value is -3.11. The van der Waals surface area contributed by atoms with Crippen LogP contribution in [0.1, 0.15) is 40.9 Å². The highest BCUT2D eigenvalue weighted by Crippen LogP contribution is 2.34. The molecule has 1 heterocycles. The first-order valence-electron chi connectivity index (χ1n) is 9.45. The number of methoxy groups -OCH3 is 1. The van der Waals surface area contributed by atoms with Crippen molar-refractivity contribution in [3.05, 3.63) is 95.1 Å². The summed E-state index contributed by atoms with van der Waals surface area (Å²) < 4.78 is 5.28. The zero-order chi connectivity index (χ0) is 19.5. The van der Waals surface area contributed by atoms with E-state index in [1.807, 2.05) is 42.5 Å². The molecule has 0 amide bonds. The lowest BCUT2D eigenvalue weighted by Gasteiger charge is -2.31. The Morgan fingerprint density at radius 3 is 2.36 bits per heavy atom. The van der Waals surface area contributed by atoms with Gasteiger partial charge in [-0.15, -0.1) is 0 Å². The molecule has 3 aromatic carbocycles. The molecule has 0 unspecified atom stereocenters. The van der Waals surface area contributed by atoms with Crippen molar-refractivity contribution in [1.29, 1.82) is 0 Å². The lowest BCUT2D eigenvalue weighted by Crippen LogP contribution is -2.33. The number of nitrogens with zero attached hydrogens (tertiary/aromatic N) is 1. The zero-order valence-corrected chi connectivity index (χ0v) is 16.1. The van der Waals surface area contributed by atoms with Crippen LogP contribution in [-0.2, 0) is 0 Å². The standard InChI is InChI=1S/C24H24N2O2/c1-16-7-9-17(10-8-16)21-15-22(20-5-3-4-6-23(20)27)26-24(25-21)18-11-13-19(28-2)14-12-18/h3-14,22,24,26-27H,15H2,1-2H3/t22-,24-/m0/s1. The maximum atomic E-state index is 10.4. The van der Waals surface area contributed by atoms with Gasteiger partial charge in [-0.2, -0.15) is 0 Å². The molecule has 1 aliphatic heterocycles. The van der Waals surface area contributed by atoms with Gasteiger partial charge < -0.3 is 9.84 Å². The van der Waals surface area contributed by atoms with Gasteiger partial charge in [-0.05, 0) is 36.2 Å². The number of aromatic hydroxyl groups is 1. The van der Waals surface area contributed by atoms with Crippen molar-refractivity contribution in [3.8, 4) is 11.5 Å². The molecule has 4 rings (SSSR count). The molecule has 0 bridgehead atoms. The quantitative estimate of drug-likeness (QED) is 0.683. The van der Waals surface area contributed by atoms with Crippen LogP contribution in [0.2, 0.25) is 0 Å². The summed E-state index contributed by atoms with van der Waals surface area (Å²) in [4.78, 5) is 5.00. The van der Waals surface area contributed by atoms with E-state index >= 15 is 0 Å². The number of rotatable bonds is 4. The van der Waals surface area contributed by atoms with Gasteiger partial charge in [-0.25, -0.2) is 0 Å². The summed E-state index contributed by atoms with van der Waals surface area (Å²) in [5.74, 6) is 1.12. The van der Waals surface area contributed by atoms with Crippen LogP contribution in [0.15, 0.2) is 77.8 Å². The van der Waals surface area contributed by atoms with E-state index in [9.17, 15) is 5.11 Å². The molecule has 0 fully saturated rings. The lowest BCUT2D eigenvalue weighted by molar-refractivity contribution is 0.408. The Bertz CT molecular complexity index is 978. The van der Waals surface area contributed by atoms with Crippen LogP contribution in [0.4, 0.5) is 0 Å². The Kier molecular flexibility index (Phi) is 5.13. The first kappa shape index (κ1) is 18.3. The van der Waals surface area contributed by atoms with E-state index in [1.165, 1.54) is 5.56 Å². The number of benzene rings is 3. The van der Waals surface area contributed by atoms with Gasteiger partial charge >= 0.3 is 0 Å². The van der Waals surface area contributed by atoms with E-state index in [2.05, 4.69) is 36.5 Å². The monoisotopic (exact) mass is 372 g/mol. The molecule has 0 aromatic heterocycles. The molecule has 142 valence electrons. The molecule has 0 radical (unpaired) electrons. The molecule has 3 aromatic rings. The predicted molar refractivity (Wildman–Crippen MR) is 112 cm³/mol. The molecule has 0 saturated heterocycles. The lowest BCUT2D eigenvalue weighted by atomic mass is 9.93. The SMILES string of the molecule is COc1ccc([C@H]2N=C(c3ccc(C)cc3)C[C@@H](c3ccccc3O)N2)cc1. The second kappa shape index (κ2) is 7.87. The van der Waals surface area contributed by atoms with Crippen LogP contribution in [0.5, 0.6) is 11.5 Å². The summed E-state index contributed by atoms with van der Waals surface area (Å²) in [5.41, 5.74) is 5.33. The summed E-state index contributed by atoms with van der Waals surface area (Å²) in [6, 6.07) is 23.9. The number of nitrogens with one attached hydrogen (secondary N) is 1. The first-order valence-corrected chi connectivity index (χ1v) is 9.45. The topological polar surface area (TPSA) is 53.9 Å². The zero-order valence-electron chi connectivity index (χ0n) is 16.1. The van der Waals surface area contributed by atoms with Crippen LogP contribution in [-0.4, -0.2) is 17.9 Å². The number of aryl methyl sites for hydroxylation is 1. The number of aliphatic imine (C=N–C) groups is 1. The largest absolute Gasteiger partial charge is 0.508 e. The van der Waals surface area contributed by atoms with Gasteiger partial charge in [0.15, 0.2) is 0 Å². The number of para-hydroxylation sites is 1. The second-order valence-electron chi connectivity index (χ2n) is 7.10. The van der Waals surface area contributed by atoms with Gasteiger partial charge in [0.05, 0.1) is 7.11 Å². The fourth-order valence-electron chi connectivity index (χ4n) is 3.57. The van der Waals surface area contributed by atoms with Crippen molar-refractivity contribution in [2.45, 2.75) is 25.6 Å². The highest BCUT2D eigenvalue weighted by Gasteiger charge is 2.27. The van der Waals surface area contributed by atoms with E-state index in [0.717, 1.165) is 28.2 Å². The number of hydrogen-bond donors (Lipinski definition) is 2. The number of ether oxygens (including phenoxy) is 1. The van der Waals surface area contributed by atoms with Crippen LogP contribution in [0, 0.1) is 6.92 Å². The molecule has 28 heavy (non-hydrogen) atoms. The maximum Gasteiger partial charge on any atom is 0.126 e. The van der Waals surface area contributed by atoms with Gasteiger partial charge in [0, 0.05) is 23.7 Å². The number of phenols is 1.